The summed E-state index contributed by atoms with van der Waals surface area (Å²) in [5.41, 5.74) is 7.45. The Labute approximate surface area is 172 Å². The van der Waals surface area contributed by atoms with Crippen LogP contribution in [0.2, 0.25) is 0 Å². The summed E-state index contributed by atoms with van der Waals surface area (Å²) in [6.07, 6.45) is 1.72. The number of hydrogen-bond donors (Lipinski definition) is 1. The number of nitrogens with one attached hydrogen (secondary N) is 1. The zero-order valence-corrected chi connectivity index (χ0v) is 16.5. The average Bonchev–Trinajstić information content (AvgIpc) is 3.24. The molecule has 0 unspecified atom stereocenters. The van der Waals surface area contributed by atoms with Gasteiger partial charge in [-0.15, -0.1) is 11.3 Å². The van der Waals surface area contributed by atoms with Gasteiger partial charge in [0, 0.05) is 16.5 Å². The number of nitrogens with zero attached hydrogens (tertiary/aromatic N) is 2. The Morgan fingerprint density at radius 2 is 1.79 bits per heavy atom. The van der Waals surface area contributed by atoms with Crippen molar-refractivity contribution < 1.29 is 9.13 Å². The molecule has 4 rings (SSSR count). The lowest BCUT2D eigenvalue weighted by atomic mass is 10.0. The normalized spacial score (nSPS) is 11.0. The Kier molecular flexibility index (Phi) is 5.63. The zero-order valence-electron chi connectivity index (χ0n) is 15.7. The number of aromatic nitrogens is 1. The van der Waals surface area contributed by atoms with Gasteiger partial charge < -0.3 is 4.74 Å². The van der Waals surface area contributed by atoms with Crippen molar-refractivity contribution in [3.05, 3.63) is 89.6 Å². The van der Waals surface area contributed by atoms with Crippen molar-refractivity contribution in [2.24, 2.45) is 5.10 Å². The fourth-order valence-corrected chi connectivity index (χ4v) is 3.55. The van der Waals surface area contributed by atoms with E-state index in [1.807, 2.05) is 60.0 Å². The molecule has 1 aromatic heterocycles. The molecule has 0 spiro atoms. The monoisotopic (exact) mass is 403 g/mol. The molecule has 0 atom stereocenters. The number of halogens is 1. The van der Waals surface area contributed by atoms with Crippen LogP contribution in [0.15, 0.2) is 83.3 Å². The van der Waals surface area contributed by atoms with Crippen LogP contribution in [0.1, 0.15) is 5.56 Å². The first kappa shape index (κ1) is 18.8. The molecular formula is C23H18FN3OS. The maximum Gasteiger partial charge on any atom is 0.203 e. The second-order valence-electron chi connectivity index (χ2n) is 6.24. The predicted molar refractivity (Wildman–Crippen MR) is 117 cm³/mol. The standard InChI is InChI=1S/C23H18FN3OS/c1-28-22-12-11-19(24)13-20(22)17-9-7-16(8-10-17)14-25-27-23-26-21(15-29-23)18-5-3-2-4-6-18/h2-15H,1H3,(H,26,27). The van der Waals surface area contributed by atoms with E-state index in [0.29, 0.717) is 11.3 Å². The lowest BCUT2D eigenvalue weighted by molar-refractivity contribution is 0.415. The van der Waals surface area contributed by atoms with Gasteiger partial charge in [0.05, 0.1) is 19.0 Å². The van der Waals surface area contributed by atoms with E-state index in [1.165, 1.54) is 23.5 Å². The third kappa shape index (κ3) is 4.50. The van der Waals surface area contributed by atoms with Gasteiger partial charge >= 0.3 is 0 Å². The quantitative estimate of drug-likeness (QED) is 0.314. The van der Waals surface area contributed by atoms with E-state index >= 15 is 0 Å². The van der Waals surface area contributed by atoms with Crippen LogP contribution in [0.25, 0.3) is 22.4 Å². The summed E-state index contributed by atoms with van der Waals surface area (Å²) in [5.74, 6) is 0.335. The molecule has 4 aromatic rings. The highest BCUT2D eigenvalue weighted by molar-refractivity contribution is 7.14. The van der Waals surface area contributed by atoms with Crippen LogP contribution < -0.4 is 10.2 Å². The third-order valence-corrected chi connectivity index (χ3v) is 5.08. The molecule has 0 aliphatic carbocycles. The van der Waals surface area contributed by atoms with Gasteiger partial charge in [-0.25, -0.2) is 9.37 Å². The van der Waals surface area contributed by atoms with Gasteiger partial charge in [-0.2, -0.15) is 5.10 Å². The number of benzene rings is 3. The maximum absolute atomic E-state index is 13.6. The summed E-state index contributed by atoms with van der Waals surface area (Å²) in [5, 5.41) is 6.98. The molecule has 1 heterocycles. The number of methoxy groups -OCH3 is 1. The van der Waals surface area contributed by atoms with Crippen molar-refractivity contribution in [3.8, 4) is 28.1 Å². The highest BCUT2D eigenvalue weighted by Crippen LogP contribution is 2.30. The zero-order chi connectivity index (χ0) is 20.1. The average molecular weight is 403 g/mol. The van der Waals surface area contributed by atoms with Gasteiger partial charge in [0.1, 0.15) is 11.6 Å². The summed E-state index contributed by atoms with van der Waals surface area (Å²) in [6, 6.07) is 22.2. The fourth-order valence-electron chi connectivity index (χ4n) is 2.88. The van der Waals surface area contributed by atoms with Gasteiger partial charge in [-0.05, 0) is 29.3 Å². The molecule has 0 aliphatic rings. The van der Waals surface area contributed by atoms with Crippen molar-refractivity contribution in [2.45, 2.75) is 0 Å². The van der Waals surface area contributed by atoms with Gasteiger partial charge in [0.15, 0.2) is 0 Å². The number of hydrazone groups is 1. The number of thiazole rings is 1. The Morgan fingerprint density at radius 1 is 1.00 bits per heavy atom. The van der Waals surface area contributed by atoms with Crippen molar-refractivity contribution in [1.82, 2.24) is 4.98 Å². The van der Waals surface area contributed by atoms with Crippen LogP contribution in [-0.2, 0) is 0 Å². The highest BCUT2D eigenvalue weighted by atomic mass is 32.1. The molecular weight excluding hydrogens is 385 g/mol. The molecule has 0 saturated heterocycles. The van der Waals surface area contributed by atoms with Crippen LogP contribution in [0, 0.1) is 5.82 Å². The first-order chi connectivity index (χ1) is 14.2. The van der Waals surface area contributed by atoms with Crippen LogP contribution in [0.4, 0.5) is 9.52 Å². The first-order valence-corrected chi connectivity index (χ1v) is 9.85. The largest absolute Gasteiger partial charge is 0.496 e. The van der Waals surface area contributed by atoms with E-state index in [4.69, 9.17) is 4.74 Å². The van der Waals surface area contributed by atoms with E-state index in [-0.39, 0.29) is 5.82 Å². The van der Waals surface area contributed by atoms with Gasteiger partial charge in [0.25, 0.3) is 0 Å². The topological polar surface area (TPSA) is 46.5 Å². The molecule has 0 bridgehead atoms. The summed E-state index contributed by atoms with van der Waals surface area (Å²) in [7, 11) is 1.57. The third-order valence-electron chi connectivity index (χ3n) is 4.33. The lowest BCUT2D eigenvalue weighted by Crippen LogP contribution is -1.91. The maximum atomic E-state index is 13.6. The number of ether oxygens (including phenoxy) is 1. The molecule has 0 saturated carbocycles. The van der Waals surface area contributed by atoms with Gasteiger partial charge in [0.2, 0.25) is 5.13 Å². The fraction of sp³-hybridized carbons (Fsp3) is 0.0435. The van der Waals surface area contributed by atoms with E-state index in [2.05, 4.69) is 15.5 Å². The van der Waals surface area contributed by atoms with Crippen molar-refractivity contribution in [2.75, 3.05) is 12.5 Å². The number of hydrogen-bond acceptors (Lipinski definition) is 5. The predicted octanol–water partition coefficient (Wildman–Crippen LogP) is 6.07. The smallest absolute Gasteiger partial charge is 0.203 e. The molecule has 0 radical (unpaired) electrons. The molecule has 1 N–H and O–H groups in total. The van der Waals surface area contributed by atoms with Crippen molar-refractivity contribution in [3.63, 3.8) is 0 Å². The molecule has 6 heteroatoms. The SMILES string of the molecule is COc1ccc(F)cc1-c1ccc(C=NNc2nc(-c3ccccc3)cs2)cc1. The molecule has 0 amide bonds. The van der Waals surface area contributed by atoms with Gasteiger partial charge in [-0.1, -0.05) is 54.6 Å². The van der Waals surface area contributed by atoms with E-state index in [0.717, 1.165) is 27.5 Å². The van der Waals surface area contributed by atoms with Crippen LogP contribution >= 0.6 is 11.3 Å². The molecule has 3 aromatic carbocycles. The second-order valence-corrected chi connectivity index (χ2v) is 7.10. The minimum absolute atomic E-state index is 0.297. The van der Waals surface area contributed by atoms with Crippen molar-refractivity contribution in [1.29, 1.82) is 0 Å². The van der Waals surface area contributed by atoms with Gasteiger partial charge in [-0.3, -0.25) is 5.43 Å². The number of rotatable bonds is 6. The Morgan fingerprint density at radius 3 is 2.55 bits per heavy atom. The van der Waals surface area contributed by atoms with Crippen molar-refractivity contribution >= 4 is 22.7 Å². The van der Waals surface area contributed by atoms with Crippen LogP contribution in [-0.4, -0.2) is 18.3 Å². The molecule has 0 fully saturated rings. The van der Waals surface area contributed by atoms with Crippen LogP contribution in [0.3, 0.4) is 0 Å². The first-order valence-electron chi connectivity index (χ1n) is 8.97. The Bertz CT molecular complexity index is 1120. The second kappa shape index (κ2) is 8.67. The Hall–Kier alpha value is -3.51. The Balaban J connectivity index is 1.44. The number of anilines is 1. The highest BCUT2D eigenvalue weighted by Gasteiger charge is 2.07. The van der Waals surface area contributed by atoms with E-state index < -0.39 is 0 Å². The summed E-state index contributed by atoms with van der Waals surface area (Å²) in [4.78, 5) is 4.54. The van der Waals surface area contributed by atoms with Crippen LogP contribution in [0.5, 0.6) is 5.75 Å². The lowest BCUT2D eigenvalue weighted by Gasteiger charge is -2.09. The molecule has 29 heavy (non-hydrogen) atoms. The summed E-state index contributed by atoms with van der Waals surface area (Å²) < 4.78 is 18.9. The molecule has 144 valence electrons. The minimum atomic E-state index is -0.297. The molecule has 4 nitrogen and oxygen atoms in total. The summed E-state index contributed by atoms with van der Waals surface area (Å²) >= 11 is 1.50. The molecule has 0 aliphatic heterocycles. The van der Waals surface area contributed by atoms with E-state index in [1.54, 1.807) is 19.4 Å². The summed E-state index contributed by atoms with van der Waals surface area (Å²) in [6.45, 7) is 0. The van der Waals surface area contributed by atoms with E-state index in [9.17, 15) is 4.39 Å². The minimum Gasteiger partial charge on any atom is -0.496 e.